The molecule has 0 fully saturated rings. The van der Waals surface area contributed by atoms with Gasteiger partial charge in [0.1, 0.15) is 31.6 Å². The molecule has 26 heavy (non-hydrogen) atoms. The van der Waals surface area contributed by atoms with Crippen LogP contribution in [0.25, 0.3) is 0 Å². The molecule has 3 aromatic rings. The van der Waals surface area contributed by atoms with Crippen molar-refractivity contribution in [1.29, 1.82) is 0 Å². The number of ether oxygens (including phenoxy) is 1. The van der Waals surface area contributed by atoms with Gasteiger partial charge in [0, 0.05) is 10.0 Å². The quantitative estimate of drug-likeness (QED) is 0.476. The number of benzene rings is 2. The van der Waals surface area contributed by atoms with Crippen LogP contribution in [0.4, 0.5) is 0 Å². The summed E-state index contributed by atoms with van der Waals surface area (Å²) in [6, 6.07) is 15.4. The molecule has 0 spiro atoms. The van der Waals surface area contributed by atoms with Crippen molar-refractivity contribution in [1.82, 2.24) is 20.2 Å². The summed E-state index contributed by atoms with van der Waals surface area (Å²) in [6.45, 7) is 0.496. The second-order valence-corrected chi connectivity index (χ2v) is 6.25. The van der Waals surface area contributed by atoms with E-state index in [0.29, 0.717) is 12.4 Å². The minimum Gasteiger partial charge on any atom is -0.488 e. The van der Waals surface area contributed by atoms with Crippen molar-refractivity contribution >= 4 is 28.1 Å². The van der Waals surface area contributed by atoms with Gasteiger partial charge < -0.3 is 4.74 Å². The highest BCUT2D eigenvalue weighted by atomic mass is 79.9. The van der Waals surface area contributed by atoms with Crippen LogP contribution >= 0.6 is 15.9 Å². The van der Waals surface area contributed by atoms with Crippen molar-refractivity contribution in [2.75, 3.05) is 0 Å². The number of aromatic nitrogens is 3. The van der Waals surface area contributed by atoms with Gasteiger partial charge in [-0.15, -0.1) is 0 Å². The highest BCUT2D eigenvalue weighted by Crippen LogP contribution is 2.18. The van der Waals surface area contributed by atoms with Gasteiger partial charge in [-0.1, -0.05) is 40.2 Å². The highest BCUT2D eigenvalue weighted by Gasteiger charge is 2.03. The van der Waals surface area contributed by atoms with Crippen molar-refractivity contribution in [3.05, 3.63) is 76.8 Å². The van der Waals surface area contributed by atoms with E-state index < -0.39 is 0 Å². The highest BCUT2D eigenvalue weighted by molar-refractivity contribution is 9.10. The van der Waals surface area contributed by atoms with E-state index in [0.717, 1.165) is 15.6 Å². The fourth-order valence-electron chi connectivity index (χ4n) is 2.13. The third-order valence-electron chi connectivity index (χ3n) is 3.39. The summed E-state index contributed by atoms with van der Waals surface area (Å²) < 4.78 is 8.30. The predicted octanol–water partition coefficient (Wildman–Crippen LogP) is 2.77. The zero-order valence-corrected chi connectivity index (χ0v) is 15.3. The first-order chi connectivity index (χ1) is 12.7. The molecular weight excluding hydrogens is 398 g/mol. The maximum Gasteiger partial charge on any atom is 0.261 e. The number of carbonyl (C=O) groups excluding carboxylic acids is 1. The van der Waals surface area contributed by atoms with E-state index >= 15 is 0 Å². The predicted molar refractivity (Wildman–Crippen MR) is 101 cm³/mol. The van der Waals surface area contributed by atoms with Crippen LogP contribution in [-0.4, -0.2) is 26.9 Å². The molecule has 8 heteroatoms. The standard InChI is InChI=1S/C18H16BrN5O2/c19-16-7-5-14(6-8-16)11-26-17-4-2-1-3-15(17)9-21-23-18(25)10-24-13-20-12-22-24/h1-9,12-13H,10-11H2,(H,23,25). The van der Waals surface area contributed by atoms with Gasteiger partial charge >= 0.3 is 0 Å². The van der Waals surface area contributed by atoms with E-state index in [-0.39, 0.29) is 12.5 Å². The summed E-state index contributed by atoms with van der Waals surface area (Å²) in [6.07, 6.45) is 4.39. The Bertz CT molecular complexity index is 879. The van der Waals surface area contributed by atoms with E-state index in [9.17, 15) is 4.79 Å². The average molecular weight is 414 g/mol. The molecule has 0 saturated heterocycles. The SMILES string of the molecule is O=C(Cn1cncn1)NN=Cc1ccccc1OCc1ccc(Br)cc1. The second kappa shape index (κ2) is 8.91. The number of hydrogen-bond donors (Lipinski definition) is 1. The van der Waals surface area contributed by atoms with Gasteiger partial charge in [0.05, 0.1) is 6.21 Å². The van der Waals surface area contributed by atoms with Gasteiger partial charge in [0.25, 0.3) is 5.91 Å². The summed E-state index contributed by atoms with van der Waals surface area (Å²) in [5, 5.41) is 7.84. The third kappa shape index (κ3) is 5.25. The third-order valence-corrected chi connectivity index (χ3v) is 3.92. The first-order valence-electron chi connectivity index (χ1n) is 7.81. The summed E-state index contributed by atoms with van der Waals surface area (Å²) >= 11 is 3.41. The molecule has 0 aliphatic carbocycles. The Hall–Kier alpha value is -3.00. The number of halogens is 1. The van der Waals surface area contributed by atoms with Crippen molar-refractivity contribution in [3.8, 4) is 5.75 Å². The molecule has 0 aliphatic heterocycles. The lowest BCUT2D eigenvalue weighted by molar-refractivity contribution is -0.121. The molecule has 0 atom stereocenters. The average Bonchev–Trinajstić information content (AvgIpc) is 3.15. The van der Waals surface area contributed by atoms with Crippen LogP contribution in [0.5, 0.6) is 5.75 Å². The number of rotatable bonds is 7. The van der Waals surface area contributed by atoms with E-state index in [1.807, 2.05) is 48.5 Å². The molecule has 1 heterocycles. The molecule has 0 unspecified atom stereocenters. The van der Waals surface area contributed by atoms with E-state index in [1.54, 1.807) is 6.21 Å². The minimum absolute atomic E-state index is 0.0546. The molecule has 3 rings (SSSR count). The number of nitrogens with zero attached hydrogens (tertiary/aromatic N) is 4. The lowest BCUT2D eigenvalue weighted by atomic mass is 10.2. The van der Waals surface area contributed by atoms with Crippen LogP contribution in [0.3, 0.4) is 0 Å². The van der Waals surface area contributed by atoms with E-state index in [1.165, 1.54) is 17.3 Å². The monoisotopic (exact) mass is 413 g/mol. The minimum atomic E-state index is -0.292. The van der Waals surface area contributed by atoms with Gasteiger partial charge in [-0.05, 0) is 29.8 Å². The van der Waals surface area contributed by atoms with Crippen molar-refractivity contribution in [3.63, 3.8) is 0 Å². The molecule has 1 aromatic heterocycles. The van der Waals surface area contributed by atoms with Gasteiger partial charge in [-0.2, -0.15) is 10.2 Å². The largest absolute Gasteiger partial charge is 0.488 e. The van der Waals surface area contributed by atoms with Gasteiger partial charge in [-0.3, -0.25) is 4.79 Å². The smallest absolute Gasteiger partial charge is 0.261 e. The second-order valence-electron chi connectivity index (χ2n) is 5.34. The molecule has 0 bridgehead atoms. The van der Waals surface area contributed by atoms with Crippen LogP contribution in [0.1, 0.15) is 11.1 Å². The Morgan fingerprint density at radius 2 is 2.04 bits per heavy atom. The molecule has 1 N–H and O–H groups in total. The summed E-state index contributed by atoms with van der Waals surface area (Å²) in [5.41, 5.74) is 4.28. The number of hydrazone groups is 1. The Morgan fingerprint density at radius 1 is 1.23 bits per heavy atom. The summed E-state index contributed by atoms with van der Waals surface area (Å²) in [7, 11) is 0. The van der Waals surface area contributed by atoms with Crippen LogP contribution in [0, 0.1) is 0 Å². The van der Waals surface area contributed by atoms with Gasteiger partial charge in [0.15, 0.2) is 0 Å². The fourth-order valence-corrected chi connectivity index (χ4v) is 2.40. The molecule has 2 aromatic carbocycles. The Kier molecular flexibility index (Phi) is 6.10. The van der Waals surface area contributed by atoms with Gasteiger partial charge in [0.2, 0.25) is 0 Å². The Labute approximate surface area is 158 Å². The molecule has 0 aliphatic rings. The van der Waals surface area contributed by atoms with Crippen LogP contribution in [0.15, 0.2) is 70.8 Å². The number of amides is 1. The summed E-state index contributed by atoms with van der Waals surface area (Å²) in [4.78, 5) is 15.6. The number of hydrogen-bond acceptors (Lipinski definition) is 5. The first-order valence-corrected chi connectivity index (χ1v) is 8.60. The topological polar surface area (TPSA) is 81.4 Å². The molecular formula is C18H16BrN5O2. The molecule has 7 nitrogen and oxygen atoms in total. The van der Waals surface area contributed by atoms with Crippen molar-refractivity contribution < 1.29 is 9.53 Å². The van der Waals surface area contributed by atoms with Crippen molar-refractivity contribution in [2.24, 2.45) is 5.10 Å². The lowest BCUT2D eigenvalue weighted by Crippen LogP contribution is -2.23. The normalized spacial score (nSPS) is 10.8. The Morgan fingerprint density at radius 3 is 2.81 bits per heavy atom. The van der Waals surface area contributed by atoms with Crippen molar-refractivity contribution in [2.45, 2.75) is 13.2 Å². The van der Waals surface area contributed by atoms with E-state index in [2.05, 4.69) is 36.5 Å². The van der Waals surface area contributed by atoms with Crippen LogP contribution < -0.4 is 10.2 Å². The molecule has 1 amide bonds. The zero-order valence-electron chi connectivity index (χ0n) is 13.7. The van der Waals surface area contributed by atoms with Gasteiger partial charge in [-0.25, -0.2) is 15.1 Å². The lowest BCUT2D eigenvalue weighted by Gasteiger charge is -2.09. The molecule has 0 saturated carbocycles. The first kappa shape index (κ1) is 17.8. The number of nitrogens with one attached hydrogen (secondary N) is 1. The molecule has 132 valence electrons. The molecule has 0 radical (unpaired) electrons. The zero-order chi connectivity index (χ0) is 18.2. The van der Waals surface area contributed by atoms with Crippen LogP contribution in [-0.2, 0) is 17.9 Å². The van der Waals surface area contributed by atoms with E-state index in [4.69, 9.17) is 4.74 Å². The van der Waals surface area contributed by atoms with Crippen LogP contribution in [0.2, 0.25) is 0 Å². The number of para-hydroxylation sites is 1. The fraction of sp³-hybridized carbons (Fsp3) is 0.111. The summed E-state index contributed by atoms with van der Waals surface area (Å²) in [5.74, 6) is 0.393. The number of carbonyl (C=O) groups is 1. The maximum absolute atomic E-state index is 11.8. The maximum atomic E-state index is 11.8. The Balaban J connectivity index is 1.57.